The van der Waals surface area contributed by atoms with E-state index >= 15 is 0 Å². The van der Waals surface area contributed by atoms with Gasteiger partial charge in [0.25, 0.3) is 0 Å². The lowest BCUT2D eigenvalue weighted by Gasteiger charge is -2.21. The summed E-state index contributed by atoms with van der Waals surface area (Å²) < 4.78 is 5.68. The Labute approximate surface area is 150 Å². The summed E-state index contributed by atoms with van der Waals surface area (Å²) in [5.74, 6) is 2.09. The molecule has 1 aromatic rings. The van der Waals surface area contributed by atoms with Crippen molar-refractivity contribution >= 4 is 28.4 Å². The molecule has 23 heavy (non-hydrogen) atoms. The van der Waals surface area contributed by atoms with E-state index in [1.54, 1.807) is 7.11 Å². The van der Waals surface area contributed by atoms with Gasteiger partial charge in [0.2, 0.25) is 0 Å². The lowest BCUT2D eigenvalue weighted by atomic mass is 10.0. The number of allylic oxidation sites excluding steroid dienone is 2. The number of thioether (sulfide) groups is 2. The molecule has 0 aromatic heterocycles. The molecule has 1 saturated carbocycles. The topological polar surface area (TPSA) is 9.23 Å². The molecule has 1 aliphatic rings. The Morgan fingerprint density at radius 1 is 1.30 bits per heavy atom. The molecule has 0 bridgehead atoms. The summed E-state index contributed by atoms with van der Waals surface area (Å²) in [6.07, 6.45) is 12.0. The van der Waals surface area contributed by atoms with Gasteiger partial charge in [-0.3, -0.25) is 0 Å². The van der Waals surface area contributed by atoms with Gasteiger partial charge in [0.05, 0.1) is 7.11 Å². The molecule has 2 rings (SSSR count). The molecule has 1 nitrogen and oxygen atoms in total. The standard InChI is InChI=1S/C20H28OS2/c1-4-9-20(22-14-5-2)18-13-12-17(15-19(18)21-3)23-16-10-7-6-8-11-16/h4,9,12-13,15-16H,1,5-8,10-11,14H2,2-3H3/b20-9+. The highest BCUT2D eigenvalue weighted by molar-refractivity contribution is 8.08. The Bertz CT molecular complexity index is 530. The van der Waals surface area contributed by atoms with Crippen molar-refractivity contribution in [2.24, 2.45) is 0 Å². The summed E-state index contributed by atoms with van der Waals surface area (Å²) in [7, 11) is 1.77. The van der Waals surface area contributed by atoms with Gasteiger partial charge in [-0.25, -0.2) is 0 Å². The van der Waals surface area contributed by atoms with Crippen LogP contribution >= 0.6 is 23.5 Å². The lowest BCUT2D eigenvalue weighted by molar-refractivity contribution is 0.412. The molecule has 0 atom stereocenters. The minimum atomic E-state index is 0.775. The van der Waals surface area contributed by atoms with E-state index in [0.29, 0.717) is 0 Å². The van der Waals surface area contributed by atoms with Crippen LogP contribution in [0.1, 0.15) is 51.0 Å². The average molecular weight is 349 g/mol. The smallest absolute Gasteiger partial charge is 0.128 e. The molecule has 0 heterocycles. The third-order valence-electron chi connectivity index (χ3n) is 4.02. The third kappa shape index (κ3) is 5.65. The van der Waals surface area contributed by atoms with Gasteiger partial charge in [-0.2, -0.15) is 0 Å². The summed E-state index contributed by atoms with van der Waals surface area (Å²) in [6.45, 7) is 6.06. The molecule has 3 heteroatoms. The molecular formula is C20H28OS2. The summed E-state index contributed by atoms with van der Waals surface area (Å²) in [4.78, 5) is 2.57. The van der Waals surface area contributed by atoms with Crippen molar-refractivity contribution in [1.82, 2.24) is 0 Å². The molecule has 0 N–H and O–H groups in total. The number of methoxy groups -OCH3 is 1. The van der Waals surface area contributed by atoms with Crippen LogP contribution in [0.2, 0.25) is 0 Å². The van der Waals surface area contributed by atoms with E-state index in [2.05, 4.69) is 37.8 Å². The van der Waals surface area contributed by atoms with Crippen LogP contribution in [0.25, 0.3) is 4.91 Å². The van der Waals surface area contributed by atoms with Gasteiger partial charge in [-0.1, -0.05) is 38.8 Å². The van der Waals surface area contributed by atoms with E-state index in [-0.39, 0.29) is 0 Å². The van der Waals surface area contributed by atoms with Crippen LogP contribution in [-0.4, -0.2) is 18.1 Å². The molecular weight excluding hydrogens is 320 g/mol. The van der Waals surface area contributed by atoms with Crippen LogP contribution in [-0.2, 0) is 0 Å². The molecule has 0 saturated heterocycles. The van der Waals surface area contributed by atoms with E-state index in [9.17, 15) is 0 Å². The zero-order valence-corrected chi connectivity index (χ0v) is 16.0. The molecule has 0 amide bonds. The van der Waals surface area contributed by atoms with Crippen LogP contribution in [0.15, 0.2) is 41.8 Å². The number of hydrogen-bond acceptors (Lipinski definition) is 3. The molecule has 0 unspecified atom stereocenters. The number of rotatable bonds is 8. The minimum absolute atomic E-state index is 0.775. The van der Waals surface area contributed by atoms with Crippen molar-refractivity contribution in [3.05, 3.63) is 42.5 Å². The van der Waals surface area contributed by atoms with Gasteiger partial charge < -0.3 is 4.74 Å². The second kappa shape index (κ2) is 10.1. The second-order valence-electron chi connectivity index (χ2n) is 5.86. The van der Waals surface area contributed by atoms with Gasteiger partial charge >= 0.3 is 0 Å². The van der Waals surface area contributed by atoms with Crippen LogP contribution in [0.4, 0.5) is 0 Å². The van der Waals surface area contributed by atoms with Crippen LogP contribution < -0.4 is 4.74 Å². The molecule has 0 radical (unpaired) electrons. The fraction of sp³-hybridized carbons (Fsp3) is 0.500. The predicted octanol–water partition coefficient (Wildman–Crippen LogP) is 6.79. The summed E-state index contributed by atoms with van der Waals surface area (Å²) in [5.41, 5.74) is 1.18. The van der Waals surface area contributed by atoms with Crippen molar-refractivity contribution in [3.63, 3.8) is 0 Å². The first kappa shape index (κ1) is 18.5. The van der Waals surface area contributed by atoms with Gasteiger partial charge in [0.1, 0.15) is 5.75 Å². The highest BCUT2D eigenvalue weighted by Crippen LogP contribution is 2.39. The Hall–Kier alpha value is -0.800. The quantitative estimate of drug-likeness (QED) is 0.479. The van der Waals surface area contributed by atoms with E-state index < -0.39 is 0 Å². The average Bonchev–Trinajstić information content (AvgIpc) is 2.59. The molecule has 0 spiro atoms. The normalized spacial score (nSPS) is 16.3. The van der Waals surface area contributed by atoms with Crippen LogP contribution in [0, 0.1) is 0 Å². The highest BCUT2D eigenvalue weighted by atomic mass is 32.2. The van der Waals surface area contributed by atoms with Gasteiger partial charge in [-0.05, 0) is 49.3 Å². The van der Waals surface area contributed by atoms with Crippen molar-refractivity contribution < 1.29 is 4.74 Å². The van der Waals surface area contributed by atoms with Crippen molar-refractivity contribution in [2.45, 2.75) is 55.6 Å². The Morgan fingerprint density at radius 2 is 2.09 bits per heavy atom. The number of hydrogen-bond donors (Lipinski definition) is 0. The summed E-state index contributed by atoms with van der Waals surface area (Å²) in [6, 6.07) is 6.67. The van der Waals surface area contributed by atoms with E-state index in [0.717, 1.165) is 23.2 Å². The second-order valence-corrected chi connectivity index (χ2v) is 8.37. The summed E-state index contributed by atoms with van der Waals surface area (Å²) >= 11 is 3.89. The van der Waals surface area contributed by atoms with Crippen molar-refractivity contribution in [3.8, 4) is 5.75 Å². The Morgan fingerprint density at radius 3 is 2.74 bits per heavy atom. The zero-order chi connectivity index (χ0) is 16.5. The van der Waals surface area contributed by atoms with E-state index in [4.69, 9.17) is 4.74 Å². The Balaban J connectivity index is 2.17. The van der Waals surface area contributed by atoms with Crippen LogP contribution in [0.5, 0.6) is 5.75 Å². The summed E-state index contributed by atoms with van der Waals surface area (Å²) in [5, 5.41) is 0.775. The maximum absolute atomic E-state index is 5.68. The first-order valence-corrected chi connectivity index (χ1v) is 10.5. The largest absolute Gasteiger partial charge is 0.496 e. The first-order valence-electron chi connectivity index (χ1n) is 8.59. The van der Waals surface area contributed by atoms with E-state index in [1.807, 2.05) is 29.6 Å². The first-order chi connectivity index (χ1) is 11.3. The molecule has 1 aliphatic carbocycles. The predicted molar refractivity (Wildman–Crippen MR) is 107 cm³/mol. The highest BCUT2D eigenvalue weighted by Gasteiger charge is 2.16. The minimum Gasteiger partial charge on any atom is -0.496 e. The van der Waals surface area contributed by atoms with Crippen LogP contribution in [0.3, 0.4) is 0 Å². The number of benzene rings is 1. The third-order valence-corrected chi connectivity index (χ3v) is 6.63. The SMILES string of the molecule is C=C/C=C(/SCCC)c1ccc(SC2CCCCC2)cc1OC. The maximum Gasteiger partial charge on any atom is 0.128 e. The number of ether oxygens (including phenoxy) is 1. The molecule has 0 aliphatic heterocycles. The lowest BCUT2D eigenvalue weighted by Crippen LogP contribution is -2.07. The Kier molecular flexibility index (Phi) is 8.18. The zero-order valence-electron chi connectivity index (χ0n) is 14.3. The van der Waals surface area contributed by atoms with Gasteiger partial charge in [0.15, 0.2) is 0 Å². The fourth-order valence-corrected chi connectivity index (χ4v) is 5.07. The molecule has 126 valence electrons. The fourth-order valence-electron chi connectivity index (χ4n) is 2.86. The monoisotopic (exact) mass is 348 g/mol. The molecule has 1 fully saturated rings. The van der Waals surface area contributed by atoms with Gasteiger partial charge in [-0.15, -0.1) is 23.5 Å². The maximum atomic E-state index is 5.68. The van der Waals surface area contributed by atoms with Crippen molar-refractivity contribution in [2.75, 3.05) is 12.9 Å². The van der Waals surface area contributed by atoms with Gasteiger partial charge in [0, 0.05) is 20.6 Å². The van der Waals surface area contributed by atoms with E-state index in [1.165, 1.54) is 47.5 Å². The van der Waals surface area contributed by atoms with Crippen molar-refractivity contribution in [1.29, 1.82) is 0 Å². The molecule has 1 aromatic carbocycles.